The smallest absolute Gasteiger partial charge is 0.327 e. The SMILES string of the molecule is CC(C)(Br)C(=O)Oc1ccc(C(c2ccc(OC(=O)C(C)(C)Br)c(OC(=O)C(C)(C)Br)c2)c2ccc(OC(=O)C(C)(C)Br)c(OC(=O)C(C)(C)Br)c2)cc1OC(=O)C(C)(C)Br. The van der Waals surface area contributed by atoms with Gasteiger partial charge >= 0.3 is 35.8 Å². The molecule has 0 fully saturated rings. The van der Waals surface area contributed by atoms with Gasteiger partial charge in [0.05, 0.1) is 0 Å². The first kappa shape index (κ1) is 52.7. The molecule has 332 valence electrons. The van der Waals surface area contributed by atoms with Crippen molar-refractivity contribution in [3.8, 4) is 34.5 Å². The Labute approximate surface area is 406 Å². The minimum absolute atomic E-state index is 0.0761. The van der Waals surface area contributed by atoms with E-state index in [2.05, 4.69) is 95.6 Å². The molecule has 0 aromatic heterocycles. The van der Waals surface area contributed by atoms with Crippen LogP contribution in [0.1, 0.15) is 106 Å². The zero-order valence-electron chi connectivity index (χ0n) is 35.4. The van der Waals surface area contributed by atoms with Gasteiger partial charge in [-0.1, -0.05) is 114 Å². The van der Waals surface area contributed by atoms with Gasteiger partial charge in [-0.25, -0.2) is 0 Å². The molecule has 3 aromatic carbocycles. The molecular weight excluding hydrogens is 1190 g/mol. The lowest BCUT2D eigenvalue weighted by Crippen LogP contribution is -2.31. The molecule has 61 heavy (non-hydrogen) atoms. The summed E-state index contributed by atoms with van der Waals surface area (Å²) in [5.41, 5.74) is 1.26. The van der Waals surface area contributed by atoms with Crippen LogP contribution in [0.25, 0.3) is 0 Å². The van der Waals surface area contributed by atoms with Gasteiger partial charge in [-0.05, 0) is 136 Å². The molecular formula is C43H46Br6O12. The Morgan fingerprint density at radius 3 is 0.656 bits per heavy atom. The first-order chi connectivity index (χ1) is 27.5. The van der Waals surface area contributed by atoms with Crippen LogP contribution >= 0.6 is 95.6 Å². The molecule has 0 saturated heterocycles. The van der Waals surface area contributed by atoms with Gasteiger partial charge < -0.3 is 28.4 Å². The lowest BCUT2D eigenvalue weighted by atomic mass is 9.84. The maximum absolute atomic E-state index is 13.3. The fourth-order valence-corrected chi connectivity index (χ4v) is 5.00. The maximum atomic E-state index is 13.3. The molecule has 0 unspecified atom stereocenters. The Kier molecular flexibility index (Phi) is 17.0. The van der Waals surface area contributed by atoms with Gasteiger partial charge in [-0.3, -0.25) is 28.8 Å². The van der Waals surface area contributed by atoms with Crippen LogP contribution < -0.4 is 28.4 Å². The van der Waals surface area contributed by atoms with E-state index in [1.807, 2.05) is 0 Å². The molecule has 0 spiro atoms. The van der Waals surface area contributed by atoms with Gasteiger partial charge in [-0.15, -0.1) is 0 Å². The van der Waals surface area contributed by atoms with E-state index in [4.69, 9.17) is 28.4 Å². The first-order valence-electron chi connectivity index (χ1n) is 18.4. The standard InChI is InChI=1S/C43H46Br6O12/c1-38(2,44)32(50)56-25-16-13-22(19-28(25)59-35(53)41(7,8)47)31(23-14-17-26(57-33(51)39(3,4)45)29(20-23)60-36(54)42(9,10)48)24-15-18-27(58-34(52)40(5,6)46)30(21-24)61-37(55)43(11,12)49/h13-21,31H,1-12H3. The number of rotatable bonds is 15. The van der Waals surface area contributed by atoms with Crippen molar-refractivity contribution in [3.05, 3.63) is 71.3 Å². The van der Waals surface area contributed by atoms with Crippen LogP contribution in [-0.4, -0.2) is 61.8 Å². The third-order valence-electron chi connectivity index (χ3n) is 8.03. The number of halogens is 6. The zero-order chi connectivity index (χ0) is 46.8. The van der Waals surface area contributed by atoms with E-state index < -0.39 is 67.7 Å². The molecule has 0 heterocycles. The second-order valence-electron chi connectivity index (χ2n) is 16.7. The molecule has 0 aliphatic heterocycles. The number of esters is 6. The Morgan fingerprint density at radius 1 is 0.328 bits per heavy atom. The van der Waals surface area contributed by atoms with Crippen molar-refractivity contribution in [2.45, 2.75) is 115 Å². The summed E-state index contributed by atoms with van der Waals surface area (Å²) in [5.74, 6) is -5.68. The molecule has 0 saturated carbocycles. The molecule has 3 rings (SSSR count). The Balaban J connectivity index is 2.50. The maximum Gasteiger partial charge on any atom is 0.327 e. The van der Waals surface area contributed by atoms with E-state index in [-0.39, 0.29) is 34.5 Å². The molecule has 0 radical (unpaired) electrons. The molecule has 18 heteroatoms. The molecule has 0 atom stereocenters. The van der Waals surface area contributed by atoms with Crippen LogP contribution in [0.3, 0.4) is 0 Å². The van der Waals surface area contributed by atoms with E-state index >= 15 is 0 Å². The van der Waals surface area contributed by atoms with Gasteiger partial charge in [0.25, 0.3) is 0 Å². The number of carbonyl (C=O) groups excluding carboxylic acids is 6. The highest BCUT2D eigenvalue weighted by molar-refractivity contribution is 9.11. The minimum atomic E-state index is -1.16. The van der Waals surface area contributed by atoms with Gasteiger partial charge in [-0.2, -0.15) is 0 Å². The summed E-state index contributed by atoms with van der Waals surface area (Å²) < 4.78 is 27.9. The van der Waals surface area contributed by atoms with Crippen LogP contribution in [0.2, 0.25) is 0 Å². The molecule has 12 nitrogen and oxygen atoms in total. The Bertz CT molecular complexity index is 1950. The van der Waals surface area contributed by atoms with Crippen molar-refractivity contribution in [3.63, 3.8) is 0 Å². The average Bonchev–Trinajstić information content (AvgIpc) is 3.08. The lowest BCUT2D eigenvalue weighted by Gasteiger charge is -2.25. The molecule has 3 aromatic rings. The summed E-state index contributed by atoms with van der Waals surface area (Å²) in [6.45, 7) is 19.0. The summed E-state index contributed by atoms with van der Waals surface area (Å²) in [4.78, 5) is 79.2. The predicted molar refractivity (Wildman–Crippen MR) is 252 cm³/mol. The summed E-state index contributed by atoms with van der Waals surface area (Å²) in [5, 5.41) is 0. The van der Waals surface area contributed by atoms with Crippen molar-refractivity contribution in [1.29, 1.82) is 0 Å². The van der Waals surface area contributed by atoms with Crippen molar-refractivity contribution >= 4 is 131 Å². The second-order valence-corrected chi connectivity index (χ2v) is 28.6. The monoisotopic (exact) mass is 1230 g/mol. The van der Waals surface area contributed by atoms with Crippen LogP contribution in [-0.2, 0) is 28.8 Å². The highest BCUT2D eigenvalue weighted by Gasteiger charge is 2.35. The van der Waals surface area contributed by atoms with Crippen LogP contribution in [0.15, 0.2) is 54.6 Å². The van der Waals surface area contributed by atoms with E-state index in [1.165, 1.54) is 36.4 Å². The number of hydrogen-bond acceptors (Lipinski definition) is 12. The van der Waals surface area contributed by atoms with Crippen LogP contribution in [0.5, 0.6) is 34.5 Å². The lowest BCUT2D eigenvalue weighted by molar-refractivity contribution is -0.138. The number of benzene rings is 3. The topological polar surface area (TPSA) is 158 Å². The normalized spacial score (nSPS) is 12.6. The highest BCUT2D eigenvalue weighted by atomic mass is 79.9. The molecule has 0 bridgehead atoms. The quantitative estimate of drug-likeness (QED) is 0.0615. The van der Waals surface area contributed by atoms with Gasteiger partial charge in [0, 0.05) is 5.92 Å². The van der Waals surface area contributed by atoms with Crippen molar-refractivity contribution < 1.29 is 57.2 Å². The summed E-state index contributed by atoms with van der Waals surface area (Å²) >= 11 is 19.9. The molecule has 0 aliphatic carbocycles. The summed E-state index contributed by atoms with van der Waals surface area (Å²) in [6.07, 6.45) is 0. The largest absolute Gasteiger partial charge is 0.422 e. The van der Waals surface area contributed by atoms with E-state index in [1.54, 1.807) is 101 Å². The zero-order valence-corrected chi connectivity index (χ0v) is 45.0. The number of alkyl halides is 6. The third-order valence-corrected chi connectivity index (χ3v) is 9.97. The Morgan fingerprint density at radius 2 is 0.492 bits per heavy atom. The van der Waals surface area contributed by atoms with Gasteiger partial charge in [0.2, 0.25) is 0 Å². The van der Waals surface area contributed by atoms with Crippen molar-refractivity contribution in [2.75, 3.05) is 0 Å². The van der Waals surface area contributed by atoms with E-state index in [0.29, 0.717) is 16.7 Å². The van der Waals surface area contributed by atoms with Crippen molar-refractivity contribution in [2.24, 2.45) is 0 Å². The fraction of sp³-hybridized carbons (Fsp3) is 0.442. The van der Waals surface area contributed by atoms with Gasteiger partial charge in [0.15, 0.2) is 34.5 Å². The first-order valence-corrected chi connectivity index (χ1v) is 23.1. The van der Waals surface area contributed by atoms with Crippen molar-refractivity contribution in [1.82, 2.24) is 0 Å². The summed E-state index contributed by atoms with van der Waals surface area (Å²) in [7, 11) is 0. The second kappa shape index (κ2) is 19.6. The van der Waals surface area contributed by atoms with Gasteiger partial charge in [0.1, 0.15) is 25.9 Å². The molecule has 0 aliphatic rings. The Hall–Kier alpha value is -2.64. The highest BCUT2D eigenvalue weighted by Crippen LogP contribution is 2.44. The predicted octanol–water partition coefficient (Wildman–Crippen LogP) is 11.3. The van der Waals surface area contributed by atoms with E-state index in [0.717, 1.165) is 0 Å². The average molecular weight is 1230 g/mol. The van der Waals surface area contributed by atoms with Crippen LogP contribution in [0, 0.1) is 0 Å². The molecule has 0 N–H and O–H groups in total. The minimum Gasteiger partial charge on any atom is -0.422 e. The number of carbonyl (C=O) groups is 6. The third kappa shape index (κ3) is 15.0. The van der Waals surface area contributed by atoms with E-state index in [9.17, 15) is 28.8 Å². The molecule has 0 amide bonds. The number of hydrogen-bond donors (Lipinski definition) is 0. The summed E-state index contributed by atoms with van der Waals surface area (Å²) in [6, 6.07) is 13.7. The number of ether oxygens (including phenoxy) is 6. The van der Waals surface area contributed by atoms with Crippen LogP contribution in [0.4, 0.5) is 0 Å². The fourth-order valence-electron chi connectivity index (χ4n) is 4.51.